The van der Waals surface area contributed by atoms with Crippen LogP contribution in [0.25, 0.3) is 0 Å². The fourth-order valence-corrected chi connectivity index (χ4v) is 1.31. The van der Waals surface area contributed by atoms with E-state index >= 15 is 0 Å². The molecule has 1 aliphatic carbocycles. The molecule has 1 aliphatic rings. The standard InChI is InChI=1S/C7H14.5ClH.H3P/c1-7-5-3-2-4-6-7;;;;;;/h7H,2-6H2,1H3;5*1H;1H3. The molecule has 0 amide bonds. The first-order valence-corrected chi connectivity index (χ1v) is 3.39. The van der Waals surface area contributed by atoms with Gasteiger partial charge in [-0.3, -0.25) is 0 Å². The maximum atomic E-state index is 2.36. The van der Waals surface area contributed by atoms with E-state index in [1.807, 2.05) is 0 Å². The van der Waals surface area contributed by atoms with Gasteiger partial charge >= 0.3 is 0 Å². The van der Waals surface area contributed by atoms with Crippen molar-refractivity contribution in [3.8, 4) is 0 Å². The zero-order valence-corrected chi connectivity index (χ0v) is 13.4. The van der Waals surface area contributed by atoms with Gasteiger partial charge in [-0.05, 0) is 5.92 Å². The number of hydrogen-bond acceptors (Lipinski definition) is 0. The monoisotopic (exact) mass is 312 g/mol. The molecule has 0 heterocycles. The van der Waals surface area contributed by atoms with E-state index in [9.17, 15) is 0 Å². The molecule has 1 rings (SSSR count). The SMILES string of the molecule is CC1CCCCC1.Cl.Cl.Cl.Cl.Cl.P. The minimum atomic E-state index is 0. The summed E-state index contributed by atoms with van der Waals surface area (Å²) >= 11 is 0. The Morgan fingerprint density at radius 2 is 1.00 bits per heavy atom. The van der Waals surface area contributed by atoms with Crippen molar-refractivity contribution in [1.82, 2.24) is 0 Å². The third-order valence-corrected chi connectivity index (χ3v) is 1.89. The van der Waals surface area contributed by atoms with Gasteiger partial charge in [0, 0.05) is 0 Å². The van der Waals surface area contributed by atoms with Gasteiger partial charge < -0.3 is 0 Å². The van der Waals surface area contributed by atoms with Gasteiger partial charge in [-0.25, -0.2) is 0 Å². The van der Waals surface area contributed by atoms with Gasteiger partial charge in [0.05, 0.1) is 0 Å². The molecule has 1 atom stereocenters. The van der Waals surface area contributed by atoms with Crippen molar-refractivity contribution in [2.45, 2.75) is 39.0 Å². The molecule has 1 fully saturated rings. The van der Waals surface area contributed by atoms with Crippen LogP contribution in [0.15, 0.2) is 0 Å². The minimum absolute atomic E-state index is 0. The van der Waals surface area contributed by atoms with E-state index in [0.29, 0.717) is 0 Å². The Balaban J connectivity index is -0.0000000204. The first-order valence-electron chi connectivity index (χ1n) is 3.39. The van der Waals surface area contributed by atoms with Crippen molar-refractivity contribution in [3.63, 3.8) is 0 Å². The van der Waals surface area contributed by atoms with Crippen molar-refractivity contribution in [3.05, 3.63) is 0 Å². The third kappa shape index (κ3) is 20.1. The van der Waals surface area contributed by atoms with Gasteiger partial charge in [0.2, 0.25) is 0 Å². The highest BCUT2D eigenvalue weighted by Crippen LogP contribution is 2.21. The predicted molar refractivity (Wildman–Crippen MR) is 79.6 cm³/mol. The van der Waals surface area contributed by atoms with Crippen LogP contribution >= 0.6 is 71.9 Å². The van der Waals surface area contributed by atoms with Crippen LogP contribution < -0.4 is 0 Å². The summed E-state index contributed by atoms with van der Waals surface area (Å²) in [6.07, 6.45) is 7.44. The third-order valence-electron chi connectivity index (χ3n) is 1.89. The largest absolute Gasteiger partial charge is 0.153 e. The number of halogens is 5. The van der Waals surface area contributed by atoms with E-state index in [1.54, 1.807) is 0 Å². The zero-order chi connectivity index (χ0) is 5.11. The van der Waals surface area contributed by atoms with Crippen LogP contribution in [0, 0.1) is 5.92 Å². The second-order valence-electron chi connectivity index (χ2n) is 2.74. The van der Waals surface area contributed by atoms with Gasteiger partial charge in [-0.15, -0.1) is 62.0 Å². The Morgan fingerprint density at radius 3 is 1.15 bits per heavy atom. The molecule has 0 N–H and O–H groups in total. The smallest absolute Gasteiger partial charge is 0.0443 e. The Labute approximate surface area is 116 Å². The highest BCUT2D eigenvalue weighted by Gasteiger charge is 2.05. The Hall–Kier alpha value is 1.88. The molecule has 0 saturated heterocycles. The van der Waals surface area contributed by atoms with Gasteiger partial charge in [-0.1, -0.05) is 39.0 Å². The van der Waals surface area contributed by atoms with Gasteiger partial charge in [0.15, 0.2) is 0 Å². The average molecular weight is 314 g/mol. The quantitative estimate of drug-likeness (QED) is 0.566. The number of rotatable bonds is 0. The lowest BCUT2D eigenvalue weighted by Crippen LogP contribution is -1.99. The maximum Gasteiger partial charge on any atom is -0.0443 e. The highest BCUT2D eigenvalue weighted by atomic mass is 35.5. The fraction of sp³-hybridized carbons (Fsp3) is 1.00. The van der Waals surface area contributed by atoms with Crippen LogP contribution in [-0.4, -0.2) is 0 Å². The van der Waals surface area contributed by atoms with E-state index in [2.05, 4.69) is 6.92 Å². The van der Waals surface area contributed by atoms with Gasteiger partial charge in [-0.2, -0.15) is 9.90 Å². The summed E-state index contributed by atoms with van der Waals surface area (Å²) in [6.45, 7) is 2.36. The van der Waals surface area contributed by atoms with Crippen LogP contribution in [0.2, 0.25) is 0 Å². The summed E-state index contributed by atoms with van der Waals surface area (Å²) in [5.41, 5.74) is 0. The van der Waals surface area contributed by atoms with Crippen molar-refractivity contribution < 1.29 is 0 Å². The first-order chi connectivity index (χ1) is 3.39. The van der Waals surface area contributed by atoms with E-state index < -0.39 is 0 Å². The molecule has 0 aromatic rings. The van der Waals surface area contributed by atoms with Crippen LogP contribution in [0.5, 0.6) is 0 Å². The van der Waals surface area contributed by atoms with Crippen LogP contribution in [0.3, 0.4) is 0 Å². The average Bonchev–Trinajstić information content (AvgIpc) is 1.69. The van der Waals surface area contributed by atoms with Crippen molar-refractivity contribution in [1.29, 1.82) is 0 Å². The molecule has 0 aromatic heterocycles. The van der Waals surface area contributed by atoms with Crippen molar-refractivity contribution >= 4 is 71.9 Å². The maximum absolute atomic E-state index is 2.36. The molecule has 0 aliphatic heterocycles. The summed E-state index contributed by atoms with van der Waals surface area (Å²) in [6, 6.07) is 0. The Kier molecular flexibility index (Phi) is 66.0. The summed E-state index contributed by atoms with van der Waals surface area (Å²) in [4.78, 5) is 0. The molecule has 0 nitrogen and oxygen atoms in total. The summed E-state index contributed by atoms with van der Waals surface area (Å²) in [5, 5.41) is 0. The highest BCUT2D eigenvalue weighted by molar-refractivity contribution is 6.92. The van der Waals surface area contributed by atoms with Gasteiger partial charge in [0.25, 0.3) is 0 Å². The Bertz CT molecular complexity index is 58.8. The molecular weight excluding hydrogens is 292 g/mol. The summed E-state index contributed by atoms with van der Waals surface area (Å²) in [7, 11) is 0. The summed E-state index contributed by atoms with van der Waals surface area (Å²) < 4.78 is 0. The van der Waals surface area contributed by atoms with Gasteiger partial charge in [0.1, 0.15) is 0 Å². The minimum Gasteiger partial charge on any atom is -0.153 e. The second kappa shape index (κ2) is 23.6. The second-order valence-corrected chi connectivity index (χ2v) is 2.74. The molecule has 6 heteroatoms. The zero-order valence-electron chi connectivity index (χ0n) is 7.86. The molecule has 0 radical (unpaired) electrons. The topological polar surface area (TPSA) is 0 Å². The lowest BCUT2D eigenvalue weighted by Gasteiger charge is -2.15. The molecule has 1 saturated carbocycles. The summed E-state index contributed by atoms with van der Waals surface area (Å²) in [5.74, 6) is 1.04. The Morgan fingerprint density at radius 1 is 0.692 bits per heavy atom. The number of hydrogen-bond donors (Lipinski definition) is 0. The van der Waals surface area contributed by atoms with E-state index in [4.69, 9.17) is 0 Å². The molecule has 0 bridgehead atoms. The lowest BCUT2D eigenvalue weighted by molar-refractivity contribution is 0.385. The van der Waals surface area contributed by atoms with Crippen LogP contribution in [0.4, 0.5) is 0 Å². The molecular formula is C7H22Cl5P. The van der Waals surface area contributed by atoms with Crippen molar-refractivity contribution in [2.24, 2.45) is 5.92 Å². The van der Waals surface area contributed by atoms with Crippen molar-refractivity contribution in [2.75, 3.05) is 0 Å². The van der Waals surface area contributed by atoms with Crippen LogP contribution in [-0.2, 0) is 0 Å². The predicted octanol–water partition coefficient (Wildman–Crippen LogP) is 4.75. The van der Waals surface area contributed by atoms with E-state index in [1.165, 1.54) is 32.1 Å². The van der Waals surface area contributed by atoms with Crippen LogP contribution in [0.1, 0.15) is 39.0 Å². The van der Waals surface area contributed by atoms with E-state index in [0.717, 1.165) is 5.92 Å². The molecule has 0 aromatic carbocycles. The van der Waals surface area contributed by atoms with E-state index in [-0.39, 0.29) is 71.9 Å². The normalized spacial score (nSPS) is 13.6. The molecule has 0 spiro atoms. The molecule has 90 valence electrons. The lowest BCUT2D eigenvalue weighted by atomic mass is 9.91. The first kappa shape index (κ1) is 36.4. The molecule has 13 heavy (non-hydrogen) atoms. The molecule has 1 unspecified atom stereocenters. The fourth-order valence-electron chi connectivity index (χ4n) is 1.31.